The Hall–Kier alpha value is -2.41. The van der Waals surface area contributed by atoms with Crippen molar-refractivity contribution < 1.29 is 77.5 Å². The van der Waals surface area contributed by atoms with Gasteiger partial charge in [-0.2, -0.15) is 13.2 Å². The second kappa shape index (κ2) is 30.7. The second-order valence-corrected chi connectivity index (χ2v) is 37.6. The molecule has 0 rings (SSSR count). The SMILES string of the molecule is C=C(C)C(=O)OCCNC(=O)OCCOCCC[Si](C)(C)O[Si](C)(C)OC.C=C(C)C(=O)OCCNC(=O)OCCOCCC[Si](C)(C)O[Si](C)(C)O[Si](C)(C)CCC(F)(F)F. The molecule has 0 aromatic heterocycles. The van der Waals surface area contributed by atoms with E-state index in [9.17, 15) is 32.3 Å². The molecular weight excluding hydrogens is 906 g/mol. The molecular formula is C38H77F3N2O14Si5. The summed E-state index contributed by atoms with van der Waals surface area (Å²) in [4.78, 5) is 45.3. The maximum Gasteiger partial charge on any atom is 0.407 e. The van der Waals surface area contributed by atoms with E-state index in [4.69, 9.17) is 45.2 Å². The van der Waals surface area contributed by atoms with Crippen molar-refractivity contribution in [1.29, 1.82) is 0 Å². The van der Waals surface area contributed by atoms with Crippen molar-refractivity contribution in [2.45, 2.75) is 123 Å². The Morgan fingerprint density at radius 1 is 0.516 bits per heavy atom. The summed E-state index contributed by atoms with van der Waals surface area (Å²) in [5.74, 6) is -1.00. The molecule has 0 saturated heterocycles. The fourth-order valence-electron chi connectivity index (χ4n) is 5.39. The van der Waals surface area contributed by atoms with E-state index in [1.54, 1.807) is 27.1 Å². The molecule has 0 atom stereocenters. The molecule has 0 fully saturated rings. The van der Waals surface area contributed by atoms with Crippen LogP contribution in [0.5, 0.6) is 0 Å². The van der Waals surface area contributed by atoms with Crippen LogP contribution >= 0.6 is 0 Å². The van der Waals surface area contributed by atoms with Gasteiger partial charge in [0.25, 0.3) is 0 Å². The van der Waals surface area contributed by atoms with Crippen LogP contribution in [-0.2, 0) is 54.8 Å². The van der Waals surface area contributed by atoms with Gasteiger partial charge < -0.3 is 55.8 Å². The van der Waals surface area contributed by atoms with E-state index >= 15 is 0 Å². The van der Waals surface area contributed by atoms with Gasteiger partial charge in [0, 0.05) is 37.9 Å². The molecule has 0 aliphatic heterocycles. The number of hydrogen-bond acceptors (Lipinski definition) is 14. The highest BCUT2D eigenvalue weighted by molar-refractivity contribution is 6.87. The average molecular weight is 983 g/mol. The molecule has 0 bridgehead atoms. The molecule has 0 saturated carbocycles. The number of ether oxygens (including phenoxy) is 6. The van der Waals surface area contributed by atoms with Crippen LogP contribution in [0.3, 0.4) is 0 Å². The van der Waals surface area contributed by atoms with Crippen LogP contribution in [0, 0.1) is 0 Å². The number of amides is 2. The van der Waals surface area contributed by atoms with Crippen LogP contribution in [0.15, 0.2) is 24.3 Å². The van der Waals surface area contributed by atoms with Crippen LogP contribution in [-0.4, -0.2) is 145 Å². The van der Waals surface area contributed by atoms with Gasteiger partial charge in [-0.05, 0) is 110 Å². The van der Waals surface area contributed by atoms with Crippen molar-refractivity contribution in [3.63, 3.8) is 0 Å². The monoisotopic (exact) mass is 982 g/mol. The lowest BCUT2D eigenvalue weighted by molar-refractivity contribution is -0.139. The molecule has 364 valence electrons. The highest BCUT2D eigenvalue weighted by Crippen LogP contribution is 2.30. The fraction of sp³-hybridized carbons (Fsp3) is 0.789. The highest BCUT2D eigenvalue weighted by Gasteiger charge is 2.41. The van der Waals surface area contributed by atoms with Crippen LogP contribution < -0.4 is 10.6 Å². The lowest BCUT2D eigenvalue weighted by Crippen LogP contribution is -2.52. The van der Waals surface area contributed by atoms with Gasteiger partial charge in [-0.25, -0.2) is 19.2 Å². The van der Waals surface area contributed by atoms with E-state index in [0.717, 1.165) is 24.9 Å². The highest BCUT2D eigenvalue weighted by atomic mass is 28.5. The lowest BCUT2D eigenvalue weighted by atomic mass is 10.4. The van der Waals surface area contributed by atoms with Crippen LogP contribution in [0.4, 0.5) is 22.8 Å². The number of halogens is 3. The number of nitrogens with one attached hydrogen (secondary N) is 2. The predicted octanol–water partition coefficient (Wildman–Crippen LogP) is 8.14. The van der Waals surface area contributed by atoms with Gasteiger partial charge in [0.1, 0.15) is 26.4 Å². The van der Waals surface area contributed by atoms with Crippen molar-refractivity contribution in [2.24, 2.45) is 0 Å². The molecule has 0 aromatic carbocycles. The molecule has 0 unspecified atom stereocenters. The molecule has 0 heterocycles. The normalized spacial score (nSPS) is 12.4. The minimum atomic E-state index is -4.18. The molecule has 0 spiro atoms. The van der Waals surface area contributed by atoms with Gasteiger partial charge in [-0.15, -0.1) is 0 Å². The van der Waals surface area contributed by atoms with Crippen molar-refractivity contribution >= 4 is 66.2 Å². The van der Waals surface area contributed by atoms with E-state index in [2.05, 4.69) is 50.0 Å². The average Bonchev–Trinajstić information content (AvgIpc) is 3.11. The summed E-state index contributed by atoms with van der Waals surface area (Å²) < 4.78 is 92.5. The number of carbonyl (C=O) groups excluding carboxylic acids is 4. The van der Waals surface area contributed by atoms with E-state index in [1.165, 1.54) is 6.92 Å². The lowest BCUT2D eigenvalue weighted by Gasteiger charge is -2.39. The van der Waals surface area contributed by atoms with Gasteiger partial charge in [0.15, 0.2) is 25.0 Å². The summed E-state index contributed by atoms with van der Waals surface area (Å²) in [7, 11) is -9.23. The van der Waals surface area contributed by atoms with Gasteiger partial charge in [-0.3, -0.25) is 0 Å². The molecule has 16 nitrogen and oxygen atoms in total. The first-order valence-electron chi connectivity index (χ1n) is 20.7. The molecule has 2 N–H and O–H groups in total. The third-order valence-electron chi connectivity index (χ3n) is 8.03. The minimum absolute atomic E-state index is 0.0225. The van der Waals surface area contributed by atoms with E-state index < -0.39 is 78.8 Å². The standard InChI is InChI=1S/C21H42F3NO7Si3.C17H35NO7Si2/c1-18(2)19(26)29-13-11-25-20(27)30-15-14-28-12-9-16-33(3,4)31-35(7,8)32-34(5,6)17-10-21(22,23)24;1-15(2)16(19)23-11-9-18-17(20)24-13-12-22-10-8-14-26(4,5)25-27(6,7)21-3/h1,9-17H2,2-8H3,(H,25,27);1,8-14H2,2-7H3,(H,18,20). The Kier molecular flexibility index (Phi) is 30.5. The minimum Gasteiger partial charge on any atom is -0.460 e. The third kappa shape index (κ3) is 38.1. The van der Waals surface area contributed by atoms with Crippen molar-refractivity contribution in [1.82, 2.24) is 10.6 Å². The smallest absolute Gasteiger partial charge is 0.407 e. The van der Waals surface area contributed by atoms with Gasteiger partial charge in [0.05, 0.1) is 26.3 Å². The summed E-state index contributed by atoms with van der Waals surface area (Å²) >= 11 is 0. The predicted molar refractivity (Wildman–Crippen MR) is 244 cm³/mol. The summed E-state index contributed by atoms with van der Waals surface area (Å²) in [6.07, 6.45) is -4.56. The number of carbonyl (C=O) groups is 4. The van der Waals surface area contributed by atoms with E-state index in [1.807, 2.05) is 26.2 Å². The second-order valence-electron chi connectivity index (χ2n) is 17.1. The van der Waals surface area contributed by atoms with Crippen molar-refractivity contribution in [2.75, 3.05) is 73.1 Å². The maximum atomic E-state index is 12.6. The summed E-state index contributed by atoms with van der Waals surface area (Å²) in [6.45, 7) is 32.3. The Balaban J connectivity index is 0. The summed E-state index contributed by atoms with van der Waals surface area (Å²) in [5, 5.41) is 4.94. The zero-order chi connectivity index (χ0) is 48.3. The first-order valence-corrected chi connectivity index (χ1v) is 35.7. The van der Waals surface area contributed by atoms with E-state index in [0.29, 0.717) is 25.4 Å². The Morgan fingerprint density at radius 3 is 1.21 bits per heavy atom. The number of esters is 2. The zero-order valence-electron chi connectivity index (χ0n) is 39.6. The number of alkyl carbamates (subject to hydrolysis) is 2. The number of rotatable bonds is 31. The van der Waals surface area contributed by atoms with Crippen molar-refractivity contribution in [3.05, 3.63) is 24.3 Å². The molecule has 0 aliphatic rings. The van der Waals surface area contributed by atoms with Crippen LogP contribution in [0.25, 0.3) is 0 Å². The first kappa shape index (κ1) is 61.7. The van der Waals surface area contributed by atoms with Crippen molar-refractivity contribution in [3.8, 4) is 0 Å². The number of alkyl halides is 3. The van der Waals surface area contributed by atoms with Crippen LogP contribution in [0.1, 0.15) is 33.1 Å². The molecule has 0 radical (unpaired) electrons. The topological polar surface area (TPSA) is 185 Å². The zero-order valence-corrected chi connectivity index (χ0v) is 44.6. The van der Waals surface area contributed by atoms with Crippen LogP contribution in [0.2, 0.25) is 83.6 Å². The quantitative estimate of drug-likeness (QED) is 0.0223. The van der Waals surface area contributed by atoms with Gasteiger partial charge in [-0.1, -0.05) is 13.2 Å². The number of hydrogen-bond donors (Lipinski definition) is 2. The largest absolute Gasteiger partial charge is 0.460 e. The first-order chi connectivity index (χ1) is 28.3. The fourth-order valence-corrected chi connectivity index (χ4v) is 26.3. The molecule has 0 aromatic rings. The van der Waals surface area contributed by atoms with Gasteiger partial charge in [0.2, 0.25) is 0 Å². The Bertz CT molecular complexity index is 1370. The Morgan fingerprint density at radius 2 is 0.871 bits per heavy atom. The summed E-state index contributed by atoms with van der Waals surface area (Å²) in [5.41, 5.74) is 0.601. The third-order valence-corrected chi connectivity index (χ3v) is 26.1. The molecule has 24 heteroatoms. The summed E-state index contributed by atoms with van der Waals surface area (Å²) in [6, 6.07) is 1.81. The maximum absolute atomic E-state index is 12.6. The Labute approximate surface area is 373 Å². The van der Waals surface area contributed by atoms with E-state index in [-0.39, 0.29) is 57.7 Å². The van der Waals surface area contributed by atoms with Gasteiger partial charge >= 0.3 is 47.4 Å². The molecule has 62 heavy (non-hydrogen) atoms. The molecule has 2 amide bonds. The molecule has 0 aliphatic carbocycles.